The van der Waals surface area contributed by atoms with E-state index in [-0.39, 0.29) is 34.5 Å². The Labute approximate surface area is 283 Å². The Bertz CT molecular complexity index is 1790. The number of anilines is 1. The fourth-order valence-electron chi connectivity index (χ4n) is 5.07. The molecule has 47 heavy (non-hydrogen) atoms. The fraction of sp³-hybridized carbons (Fsp3) is 0.297. The zero-order valence-electron chi connectivity index (χ0n) is 27.7. The van der Waals surface area contributed by atoms with Gasteiger partial charge in [0.25, 0.3) is 10.0 Å². The molecule has 0 radical (unpaired) electrons. The summed E-state index contributed by atoms with van der Waals surface area (Å²) in [5, 5.41) is 3.23. The molecule has 0 heterocycles. The molecule has 1 atom stereocenters. The number of nitrogens with zero attached hydrogens (tertiary/aromatic N) is 2. The highest BCUT2D eigenvalue weighted by Gasteiger charge is 2.35. The number of methoxy groups -OCH3 is 1. The molecule has 0 saturated carbocycles. The first-order valence-electron chi connectivity index (χ1n) is 15.3. The van der Waals surface area contributed by atoms with Crippen LogP contribution >= 0.6 is 11.6 Å². The average molecular weight is 676 g/mol. The quantitative estimate of drug-likeness (QED) is 0.180. The van der Waals surface area contributed by atoms with E-state index in [9.17, 15) is 18.0 Å². The molecule has 0 spiro atoms. The minimum Gasteiger partial charge on any atom is -0.495 e. The van der Waals surface area contributed by atoms with E-state index in [0.717, 1.165) is 26.6 Å². The third-order valence-electron chi connectivity index (χ3n) is 7.55. The summed E-state index contributed by atoms with van der Waals surface area (Å²) in [6, 6.07) is 27.1. The molecule has 0 aromatic heterocycles. The predicted molar refractivity (Wildman–Crippen MR) is 187 cm³/mol. The van der Waals surface area contributed by atoms with Crippen LogP contribution in [0.5, 0.6) is 5.75 Å². The molecular formula is C37H42ClN3O5S. The van der Waals surface area contributed by atoms with Crippen molar-refractivity contribution in [1.29, 1.82) is 0 Å². The van der Waals surface area contributed by atoms with Gasteiger partial charge in [-0.25, -0.2) is 8.42 Å². The number of rotatable bonds is 12. The molecule has 248 valence electrons. The van der Waals surface area contributed by atoms with Crippen molar-refractivity contribution in [2.45, 2.75) is 64.1 Å². The average Bonchev–Trinajstić information content (AvgIpc) is 3.02. The highest BCUT2D eigenvalue weighted by atomic mass is 35.5. The number of ether oxygens (including phenoxy) is 1. The van der Waals surface area contributed by atoms with Crippen molar-refractivity contribution in [3.63, 3.8) is 0 Å². The number of aryl methyl sites for hydroxylation is 2. The van der Waals surface area contributed by atoms with Crippen LogP contribution in [0.25, 0.3) is 0 Å². The standard InChI is InChI=1S/C37H42ClN3O5S/c1-26-12-16-29(17-13-26)24-40(33(36(43)39-37(3,4)5)22-28-10-8-7-9-11-28)35(42)25-41(30-18-21-34(46-6)32(38)23-30)47(44,45)31-19-14-27(2)15-20-31/h7-21,23,33H,22,24-25H2,1-6H3,(H,39,43)/t33-/m1/s1. The van der Waals surface area contributed by atoms with Gasteiger partial charge < -0.3 is 15.0 Å². The van der Waals surface area contributed by atoms with E-state index in [0.29, 0.717) is 5.75 Å². The van der Waals surface area contributed by atoms with Gasteiger partial charge in [-0.2, -0.15) is 0 Å². The number of amides is 2. The van der Waals surface area contributed by atoms with Crippen molar-refractivity contribution in [2.24, 2.45) is 0 Å². The number of benzene rings is 4. The first kappa shape index (κ1) is 35.5. The normalized spacial score (nSPS) is 12.2. The summed E-state index contributed by atoms with van der Waals surface area (Å²) >= 11 is 6.46. The Morgan fingerprint density at radius 2 is 1.45 bits per heavy atom. The van der Waals surface area contributed by atoms with Gasteiger partial charge in [-0.15, -0.1) is 0 Å². The van der Waals surface area contributed by atoms with Crippen LogP contribution in [-0.4, -0.2) is 50.4 Å². The maximum Gasteiger partial charge on any atom is 0.264 e. The third-order valence-corrected chi connectivity index (χ3v) is 9.64. The maximum atomic E-state index is 14.6. The zero-order valence-corrected chi connectivity index (χ0v) is 29.2. The molecule has 2 amide bonds. The number of hydrogen-bond donors (Lipinski definition) is 1. The van der Waals surface area contributed by atoms with E-state index >= 15 is 0 Å². The Morgan fingerprint density at radius 1 is 0.851 bits per heavy atom. The van der Waals surface area contributed by atoms with E-state index in [4.69, 9.17) is 16.3 Å². The number of hydrogen-bond acceptors (Lipinski definition) is 5. The van der Waals surface area contributed by atoms with Gasteiger partial charge >= 0.3 is 0 Å². The molecule has 0 saturated heterocycles. The first-order chi connectivity index (χ1) is 22.2. The van der Waals surface area contributed by atoms with Crippen molar-refractivity contribution >= 4 is 39.1 Å². The van der Waals surface area contributed by atoms with E-state index in [1.54, 1.807) is 24.3 Å². The van der Waals surface area contributed by atoms with Gasteiger partial charge in [-0.3, -0.25) is 13.9 Å². The molecule has 1 N–H and O–H groups in total. The molecule has 0 aliphatic heterocycles. The lowest BCUT2D eigenvalue weighted by atomic mass is 10.0. The zero-order chi connectivity index (χ0) is 34.4. The summed E-state index contributed by atoms with van der Waals surface area (Å²) in [6.07, 6.45) is 0.222. The number of sulfonamides is 1. The first-order valence-corrected chi connectivity index (χ1v) is 17.1. The monoisotopic (exact) mass is 675 g/mol. The smallest absolute Gasteiger partial charge is 0.264 e. The van der Waals surface area contributed by atoms with Crippen molar-refractivity contribution < 1.29 is 22.7 Å². The second kappa shape index (κ2) is 15.0. The molecule has 4 rings (SSSR count). The van der Waals surface area contributed by atoms with Crippen molar-refractivity contribution in [3.8, 4) is 5.75 Å². The minimum atomic E-state index is -4.26. The van der Waals surface area contributed by atoms with E-state index in [1.165, 1.54) is 30.2 Å². The van der Waals surface area contributed by atoms with Gasteiger partial charge in [0.05, 0.1) is 22.7 Å². The summed E-state index contributed by atoms with van der Waals surface area (Å²) in [5.74, 6) is -0.544. The molecular weight excluding hydrogens is 634 g/mol. The lowest BCUT2D eigenvalue weighted by Crippen LogP contribution is -2.56. The Morgan fingerprint density at radius 3 is 2.00 bits per heavy atom. The predicted octanol–water partition coefficient (Wildman–Crippen LogP) is 6.72. The van der Waals surface area contributed by atoms with Crippen LogP contribution in [0.2, 0.25) is 5.02 Å². The van der Waals surface area contributed by atoms with Gasteiger partial charge in [0.2, 0.25) is 11.8 Å². The number of nitrogens with one attached hydrogen (secondary N) is 1. The molecule has 10 heteroatoms. The second-order valence-corrected chi connectivity index (χ2v) is 14.9. The summed E-state index contributed by atoms with van der Waals surface area (Å²) in [7, 11) is -2.80. The molecule has 0 aliphatic rings. The van der Waals surface area contributed by atoms with Gasteiger partial charge in [0.15, 0.2) is 0 Å². The maximum absolute atomic E-state index is 14.6. The summed E-state index contributed by atoms with van der Waals surface area (Å²) in [5.41, 5.74) is 3.19. The van der Waals surface area contributed by atoms with E-state index < -0.39 is 34.1 Å². The largest absolute Gasteiger partial charge is 0.495 e. The topological polar surface area (TPSA) is 96.0 Å². The van der Waals surface area contributed by atoms with Gasteiger partial charge in [-0.05, 0) is 76.1 Å². The lowest BCUT2D eigenvalue weighted by Gasteiger charge is -2.35. The SMILES string of the molecule is COc1ccc(N(CC(=O)N(Cc2ccc(C)cc2)[C@H](Cc2ccccc2)C(=O)NC(C)(C)C)S(=O)(=O)c2ccc(C)cc2)cc1Cl. The van der Waals surface area contributed by atoms with Gasteiger partial charge in [0, 0.05) is 18.5 Å². The highest BCUT2D eigenvalue weighted by molar-refractivity contribution is 7.92. The summed E-state index contributed by atoms with van der Waals surface area (Å²) < 4.78 is 34.8. The number of carbonyl (C=O) groups excluding carboxylic acids is 2. The molecule has 0 unspecified atom stereocenters. The molecule has 8 nitrogen and oxygen atoms in total. The number of halogens is 1. The number of carbonyl (C=O) groups is 2. The van der Waals surface area contributed by atoms with Crippen LogP contribution in [0.3, 0.4) is 0 Å². The molecule has 0 aliphatic carbocycles. The Balaban J connectivity index is 1.84. The Hall–Kier alpha value is -4.34. The van der Waals surface area contributed by atoms with E-state index in [1.807, 2.05) is 89.2 Å². The fourth-order valence-corrected chi connectivity index (χ4v) is 6.73. The van der Waals surface area contributed by atoms with Crippen molar-refractivity contribution in [2.75, 3.05) is 18.0 Å². The van der Waals surface area contributed by atoms with Gasteiger partial charge in [0.1, 0.15) is 18.3 Å². The summed E-state index contributed by atoms with van der Waals surface area (Å²) in [6.45, 7) is 8.95. The molecule has 4 aromatic rings. The Kier molecular flexibility index (Phi) is 11.4. The van der Waals surface area contributed by atoms with Gasteiger partial charge in [-0.1, -0.05) is 89.5 Å². The van der Waals surface area contributed by atoms with Crippen LogP contribution in [-0.2, 0) is 32.6 Å². The van der Waals surface area contributed by atoms with Crippen LogP contribution < -0.4 is 14.4 Å². The third kappa shape index (κ3) is 9.36. The summed E-state index contributed by atoms with van der Waals surface area (Å²) in [4.78, 5) is 30.1. The van der Waals surface area contributed by atoms with Crippen molar-refractivity contribution in [3.05, 3.63) is 124 Å². The van der Waals surface area contributed by atoms with Crippen LogP contribution in [0.4, 0.5) is 5.69 Å². The second-order valence-electron chi connectivity index (χ2n) is 12.6. The highest BCUT2D eigenvalue weighted by Crippen LogP contribution is 2.32. The molecule has 0 fully saturated rings. The van der Waals surface area contributed by atoms with Crippen LogP contribution in [0.1, 0.15) is 43.0 Å². The van der Waals surface area contributed by atoms with Crippen LogP contribution in [0.15, 0.2) is 102 Å². The minimum absolute atomic E-state index is 0.0132. The van der Waals surface area contributed by atoms with Crippen LogP contribution in [0, 0.1) is 13.8 Å². The van der Waals surface area contributed by atoms with E-state index in [2.05, 4.69) is 5.32 Å². The van der Waals surface area contributed by atoms with Crippen molar-refractivity contribution in [1.82, 2.24) is 10.2 Å². The molecule has 4 aromatic carbocycles. The molecule has 0 bridgehead atoms. The lowest BCUT2D eigenvalue weighted by molar-refractivity contribution is -0.140.